The van der Waals surface area contributed by atoms with Gasteiger partial charge in [-0.05, 0) is 48.5 Å². The van der Waals surface area contributed by atoms with Gasteiger partial charge >= 0.3 is 12.0 Å². The number of rotatable bonds is 5. The maximum Gasteiger partial charge on any atom is 0.335 e. The van der Waals surface area contributed by atoms with Crippen LogP contribution in [0.4, 0.5) is 14.9 Å². The van der Waals surface area contributed by atoms with Crippen LogP contribution < -0.4 is 10.2 Å². The summed E-state index contributed by atoms with van der Waals surface area (Å²) in [6.07, 6.45) is 1.36. The molecule has 0 unspecified atom stereocenters. The van der Waals surface area contributed by atoms with Crippen molar-refractivity contribution in [3.8, 4) is 0 Å². The van der Waals surface area contributed by atoms with E-state index in [1.54, 1.807) is 28.8 Å². The Balaban J connectivity index is 1.58. The fraction of sp³-hybridized carbons (Fsp3) is 0.0370. The van der Waals surface area contributed by atoms with Crippen LogP contribution in [0.2, 0.25) is 0 Å². The van der Waals surface area contributed by atoms with Crippen molar-refractivity contribution in [3.63, 3.8) is 0 Å². The highest BCUT2D eigenvalue weighted by atomic mass is 19.1. The zero-order chi connectivity index (χ0) is 25.4. The molecule has 0 saturated carbocycles. The van der Waals surface area contributed by atoms with Gasteiger partial charge < -0.3 is 9.67 Å². The van der Waals surface area contributed by atoms with E-state index in [1.165, 1.54) is 36.4 Å². The molecule has 2 N–H and O–H groups in total. The highest BCUT2D eigenvalue weighted by molar-refractivity contribution is 6.39. The van der Waals surface area contributed by atoms with Crippen LogP contribution in [-0.2, 0) is 16.1 Å². The zero-order valence-electron chi connectivity index (χ0n) is 18.6. The Kier molecular flexibility index (Phi) is 5.65. The number of hydrogen-bond donors (Lipinski definition) is 2. The summed E-state index contributed by atoms with van der Waals surface area (Å²) in [6.45, 7) is 0.147. The van der Waals surface area contributed by atoms with Gasteiger partial charge in [-0.25, -0.2) is 18.9 Å². The number of nitrogens with one attached hydrogen (secondary N) is 1. The van der Waals surface area contributed by atoms with Crippen molar-refractivity contribution in [1.29, 1.82) is 0 Å². The molecule has 0 atom stereocenters. The number of benzene rings is 3. The number of carboxylic acids is 1. The van der Waals surface area contributed by atoms with Gasteiger partial charge in [0.15, 0.2) is 0 Å². The number of halogens is 1. The van der Waals surface area contributed by atoms with Gasteiger partial charge in [0.2, 0.25) is 0 Å². The minimum Gasteiger partial charge on any atom is -0.478 e. The van der Waals surface area contributed by atoms with E-state index in [0.717, 1.165) is 15.8 Å². The highest BCUT2D eigenvalue weighted by Crippen LogP contribution is 2.27. The molecule has 2 heterocycles. The SMILES string of the molecule is O=C1NC(=O)N(c2ccc(C(=O)O)cc2)C(=O)/C1=C/c1cc2ccccc2n1Cc1ccccc1F. The molecule has 0 aliphatic carbocycles. The van der Waals surface area contributed by atoms with Gasteiger partial charge in [-0.2, -0.15) is 0 Å². The maximum atomic E-state index is 14.4. The highest BCUT2D eigenvalue weighted by Gasteiger charge is 2.37. The monoisotopic (exact) mass is 483 g/mol. The van der Waals surface area contributed by atoms with Crippen molar-refractivity contribution < 1.29 is 28.7 Å². The second-order valence-electron chi connectivity index (χ2n) is 8.12. The lowest BCUT2D eigenvalue weighted by Crippen LogP contribution is -2.54. The Morgan fingerprint density at radius 2 is 1.64 bits per heavy atom. The molecule has 8 nitrogen and oxygen atoms in total. The molecule has 4 amide bonds. The molecule has 1 aromatic heterocycles. The normalized spacial score (nSPS) is 15.0. The summed E-state index contributed by atoms with van der Waals surface area (Å²) in [5, 5.41) is 12.1. The van der Waals surface area contributed by atoms with Crippen LogP contribution in [0.1, 0.15) is 21.6 Å². The van der Waals surface area contributed by atoms with Crippen LogP contribution >= 0.6 is 0 Å². The predicted octanol–water partition coefficient (Wildman–Crippen LogP) is 4.19. The summed E-state index contributed by atoms with van der Waals surface area (Å²) >= 11 is 0. The summed E-state index contributed by atoms with van der Waals surface area (Å²) in [5.41, 5.74) is 1.45. The summed E-state index contributed by atoms with van der Waals surface area (Å²) in [7, 11) is 0. The quantitative estimate of drug-likeness (QED) is 0.327. The number of carboxylic acid groups (broad SMARTS) is 1. The molecule has 1 fully saturated rings. The first-order valence-corrected chi connectivity index (χ1v) is 10.9. The largest absolute Gasteiger partial charge is 0.478 e. The van der Waals surface area contributed by atoms with E-state index in [4.69, 9.17) is 5.11 Å². The zero-order valence-corrected chi connectivity index (χ0v) is 18.6. The van der Waals surface area contributed by atoms with Crippen LogP contribution in [0.5, 0.6) is 0 Å². The Hall–Kier alpha value is -5.05. The fourth-order valence-corrected chi connectivity index (χ4v) is 4.12. The first kappa shape index (κ1) is 22.7. The minimum atomic E-state index is -1.16. The first-order valence-electron chi connectivity index (χ1n) is 10.9. The molecule has 1 saturated heterocycles. The Labute approximate surface area is 203 Å². The number of imide groups is 2. The second kappa shape index (κ2) is 8.95. The van der Waals surface area contributed by atoms with Gasteiger partial charge in [0, 0.05) is 22.2 Å². The van der Waals surface area contributed by atoms with Crippen LogP contribution in [0.15, 0.2) is 84.4 Å². The number of aromatic nitrogens is 1. The number of fused-ring (bicyclic) bond motifs is 1. The average molecular weight is 483 g/mol. The number of barbiturate groups is 1. The van der Waals surface area contributed by atoms with Crippen molar-refractivity contribution in [3.05, 3.63) is 107 Å². The third-order valence-electron chi connectivity index (χ3n) is 5.90. The molecule has 4 aromatic rings. The third kappa shape index (κ3) is 4.03. The number of anilines is 1. The molecule has 36 heavy (non-hydrogen) atoms. The van der Waals surface area contributed by atoms with Gasteiger partial charge in [0.05, 0.1) is 17.8 Å². The molecular weight excluding hydrogens is 465 g/mol. The Morgan fingerprint density at radius 1 is 0.944 bits per heavy atom. The van der Waals surface area contributed by atoms with Crippen molar-refractivity contribution in [1.82, 2.24) is 9.88 Å². The predicted molar refractivity (Wildman–Crippen MR) is 130 cm³/mol. The van der Waals surface area contributed by atoms with E-state index in [2.05, 4.69) is 5.32 Å². The van der Waals surface area contributed by atoms with Crippen molar-refractivity contribution in [2.75, 3.05) is 4.90 Å². The van der Waals surface area contributed by atoms with Gasteiger partial charge in [-0.15, -0.1) is 0 Å². The van der Waals surface area contributed by atoms with E-state index in [-0.39, 0.29) is 29.2 Å². The first-order chi connectivity index (χ1) is 17.3. The van der Waals surface area contributed by atoms with Crippen LogP contribution in [0, 0.1) is 5.82 Å². The number of carbonyl (C=O) groups is 4. The summed E-state index contributed by atoms with van der Waals surface area (Å²) in [4.78, 5) is 50.4. The van der Waals surface area contributed by atoms with Gasteiger partial charge in [-0.1, -0.05) is 36.4 Å². The lowest BCUT2D eigenvalue weighted by Gasteiger charge is -2.26. The minimum absolute atomic E-state index is 0.0203. The average Bonchev–Trinajstić information content (AvgIpc) is 3.20. The van der Waals surface area contributed by atoms with Crippen molar-refractivity contribution >= 4 is 46.5 Å². The van der Waals surface area contributed by atoms with E-state index < -0.39 is 23.8 Å². The maximum absolute atomic E-state index is 14.4. The van der Waals surface area contributed by atoms with E-state index in [0.29, 0.717) is 11.3 Å². The number of nitrogens with zero attached hydrogens (tertiary/aromatic N) is 2. The molecule has 1 aliphatic heterocycles. The van der Waals surface area contributed by atoms with E-state index in [1.807, 2.05) is 24.3 Å². The van der Waals surface area contributed by atoms with Gasteiger partial charge in [-0.3, -0.25) is 14.9 Å². The summed E-state index contributed by atoms with van der Waals surface area (Å²) in [6, 6.07) is 19.7. The third-order valence-corrected chi connectivity index (χ3v) is 5.90. The Morgan fingerprint density at radius 3 is 2.36 bits per heavy atom. The lowest BCUT2D eigenvalue weighted by molar-refractivity contribution is -0.122. The number of aromatic carboxylic acids is 1. The topological polar surface area (TPSA) is 109 Å². The summed E-state index contributed by atoms with van der Waals surface area (Å²) < 4.78 is 16.2. The molecule has 3 aromatic carbocycles. The van der Waals surface area contributed by atoms with E-state index >= 15 is 0 Å². The smallest absolute Gasteiger partial charge is 0.335 e. The standard InChI is InChI=1S/C27H18FN3O5/c28-22-7-3-1-6-18(22)15-30-20(13-17-5-2-4-8-23(17)30)14-21-24(32)29-27(36)31(25(21)33)19-11-9-16(10-12-19)26(34)35/h1-14H,15H2,(H,34,35)(H,29,32,36)/b21-14+. The second-order valence-corrected chi connectivity index (χ2v) is 8.12. The van der Waals surface area contributed by atoms with Crippen LogP contribution in [0.3, 0.4) is 0 Å². The van der Waals surface area contributed by atoms with Crippen LogP contribution in [-0.4, -0.2) is 33.5 Å². The number of para-hydroxylation sites is 1. The van der Waals surface area contributed by atoms with Gasteiger partial charge in [0.1, 0.15) is 11.4 Å². The number of hydrogen-bond acceptors (Lipinski definition) is 4. The number of amides is 4. The fourth-order valence-electron chi connectivity index (χ4n) is 4.12. The van der Waals surface area contributed by atoms with Crippen molar-refractivity contribution in [2.24, 2.45) is 0 Å². The molecule has 5 rings (SSSR count). The molecule has 0 spiro atoms. The molecule has 9 heteroatoms. The molecule has 0 bridgehead atoms. The molecule has 0 radical (unpaired) electrons. The van der Waals surface area contributed by atoms with E-state index in [9.17, 15) is 23.6 Å². The van der Waals surface area contributed by atoms with Crippen LogP contribution in [0.25, 0.3) is 17.0 Å². The molecule has 178 valence electrons. The number of carbonyl (C=O) groups excluding carboxylic acids is 3. The summed E-state index contributed by atoms with van der Waals surface area (Å²) in [5.74, 6) is -3.28. The number of urea groups is 1. The van der Waals surface area contributed by atoms with Crippen molar-refractivity contribution in [2.45, 2.75) is 6.54 Å². The Bertz CT molecular complexity index is 1590. The molecule has 1 aliphatic rings. The lowest BCUT2D eigenvalue weighted by atomic mass is 10.1. The molecular formula is C27H18FN3O5. The van der Waals surface area contributed by atoms with Gasteiger partial charge in [0.25, 0.3) is 11.8 Å².